The average molecular weight is 944 g/mol. The van der Waals surface area contributed by atoms with Crippen LogP contribution in [0.3, 0.4) is 0 Å². The third-order valence-corrected chi connectivity index (χ3v) is 12.6. The van der Waals surface area contributed by atoms with E-state index in [1.165, 1.54) is 7.11 Å². The molecule has 65 heavy (non-hydrogen) atoms. The van der Waals surface area contributed by atoms with Gasteiger partial charge in [0.15, 0.2) is 5.75 Å². The molecule has 6 aromatic carbocycles. The Hall–Kier alpha value is -6.92. The van der Waals surface area contributed by atoms with Gasteiger partial charge in [-0.05, 0) is 164 Å². The number of aromatic hydroxyl groups is 1. The molecule has 11 nitrogen and oxygen atoms in total. The molecule has 0 aliphatic carbocycles. The number of rotatable bonds is 13. The molecule has 0 atom stereocenters. The number of benzene rings is 6. The van der Waals surface area contributed by atoms with Gasteiger partial charge in [0.1, 0.15) is 57.6 Å². The summed E-state index contributed by atoms with van der Waals surface area (Å²) in [6, 6.07) is 23.9. The first kappa shape index (κ1) is 47.6. The van der Waals surface area contributed by atoms with Crippen LogP contribution in [0.5, 0.6) is 34.5 Å². The van der Waals surface area contributed by atoms with Gasteiger partial charge >= 0.3 is 23.9 Å². The van der Waals surface area contributed by atoms with Crippen molar-refractivity contribution in [1.82, 2.24) is 0 Å². The summed E-state index contributed by atoms with van der Waals surface area (Å²) in [6.45, 7) is 17.8. The standard InChI is InChI=1S/C53H51BrO11/c1-27-22-39(61-25-37-18-14-12-15-19-37)24-41(60-11)43(27)52(58)65-49-36(10)33(7)45(47(55)46(49)54)53(59)63-40-23-28(2)42(30(4)29(40)3)51(57)64-48-34(8)31(5)44(32(6)35(48)9)50(56)62-26-38-20-16-13-17-21-38/h12-24,55H,25-26H2,1-11H3. The van der Waals surface area contributed by atoms with Gasteiger partial charge in [-0.3, -0.25) is 0 Å². The SMILES string of the molecule is COc1cc(OCc2ccccc2)cc(C)c1C(=O)Oc1c(C)c(C)c(C(=O)Oc2cc(C)c(C(=O)Oc3c(C)c(C)c(C(=O)OCc4ccccc4)c(C)c3C)c(C)c2C)c(O)c1Br. The molecule has 0 aliphatic heterocycles. The molecule has 0 unspecified atom stereocenters. The van der Waals surface area contributed by atoms with Gasteiger partial charge in [0, 0.05) is 6.07 Å². The molecular weight excluding hydrogens is 892 g/mol. The second kappa shape index (κ2) is 19.9. The normalized spacial score (nSPS) is 10.9. The van der Waals surface area contributed by atoms with Crippen LogP contribution in [0.4, 0.5) is 0 Å². The Morgan fingerprint density at radius 3 is 1.55 bits per heavy atom. The van der Waals surface area contributed by atoms with E-state index in [1.807, 2.05) is 60.7 Å². The Balaban J connectivity index is 1.20. The zero-order valence-corrected chi connectivity index (χ0v) is 39.9. The maximum absolute atomic E-state index is 14.0. The molecule has 0 bridgehead atoms. The number of phenols is 1. The molecule has 6 aromatic rings. The minimum Gasteiger partial charge on any atom is -0.506 e. The van der Waals surface area contributed by atoms with E-state index in [0.717, 1.165) is 11.1 Å². The number of methoxy groups -OCH3 is 1. The van der Waals surface area contributed by atoms with Crippen LogP contribution in [0, 0.1) is 69.2 Å². The monoisotopic (exact) mass is 942 g/mol. The highest BCUT2D eigenvalue weighted by Crippen LogP contribution is 2.44. The molecule has 0 saturated carbocycles. The van der Waals surface area contributed by atoms with Gasteiger partial charge in [-0.2, -0.15) is 0 Å². The van der Waals surface area contributed by atoms with Crippen LogP contribution in [-0.4, -0.2) is 36.1 Å². The average Bonchev–Trinajstić information content (AvgIpc) is 3.28. The van der Waals surface area contributed by atoms with E-state index < -0.39 is 29.6 Å². The first-order valence-electron chi connectivity index (χ1n) is 20.8. The largest absolute Gasteiger partial charge is 0.506 e. The summed E-state index contributed by atoms with van der Waals surface area (Å²) in [6.07, 6.45) is 0. The summed E-state index contributed by atoms with van der Waals surface area (Å²) in [5.41, 5.74) is 7.81. The molecule has 0 aromatic heterocycles. The molecule has 336 valence electrons. The predicted octanol–water partition coefficient (Wildman–Crippen LogP) is 11.8. The number of phenolic OH excluding ortho intramolecular Hbond substituents is 1. The van der Waals surface area contributed by atoms with E-state index in [2.05, 4.69) is 15.9 Å². The summed E-state index contributed by atoms with van der Waals surface area (Å²) in [5.74, 6) is -1.96. The molecule has 0 spiro atoms. The van der Waals surface area contributed by atoms with Gasteiger partial charge in [-0.25, -0.2) is 19.2 Å². The van der Waals surface area contributed by atoms with Crippen LogP contribution in [0.2, 0.25) is 0 Å². The Kier molecular flexibility index (Phi) is 14.5. The van der Waals surface area contributed by atoms with E-state index in [0.29, 0.717) is 79.3 Å². The van der Waals surface area contributed by atoms with Crippen LogP contribution in [0.15, 0.2) is 83.3 Å². The minimum absolute atomic E-state index is 0.00614. The number of esters is 4. The number of hydrogen-bond donors (Lipinski definition) is 1. The summed E-state index contributed by atoms with van der Waals surface area (Å²) < 4.78 is 35.0. The van der Waals surface area contributed by atoms with Gasteiger partial charge in [0.05, 0.1) is 18.2 Å². The van der Waals surface area contributed by atoms with Crippen LogP contribution >= 0.6 is 15.9 Å². The molecular formula is C53H51BrO11. The van der Waals surface area contributed by atoms with E-state index in [1.54, 1.807) is 87.4 Å². The van der Waals surface area contributed by atoms with Crippen molar-refractivity contribution in [2.45, 2.75) is 82.5 Å². The number of aryl methyl sites for hydroxylation is 2. The highest BCUT2D eigenvalue weighted by molar-refractivity contribution is 9.10. The smallest absolute Gasteiger partial charge is 0.347 e. The van der Waals surface area contributed by atoms with Gasteiger partial charge in [-0.15, -0.1) is 0 Å². The van der Waals surface area contributed by atoms with Gasteiger partial charge in [-0.1, -0.05) is 60.7 Å². The minimum atomic E-state index is -0.873. The summed E-state index contributed by atoms with van der Waals surface area (Å²) in [5, 5.41) is 11.4. The van der Waals surface area contributed by atoms with E-state index in [-0.39, 0.29) is 45.0 Å². The van der Waals surface area contributed by atoms with Crippen molar-refractivity contribution in [2.75, 3.05) is 7.11 Å². The van der Waals surface area contributed by atoms with Crippen LogP contribution in [0.25, 0.3) is 0 Å². The van der Waals surface area contributed by atoms with Crippen molar-refractivity contribution in [1.29, 1.82) is 0 Å². The third-order valence-electron chi connectivity index (χ3n) is 11.9. The fourth-order valence-electron chi connectivity index (χ4n) is 7.69. The van der Waals surface area contributed by atoms with Crippen molar-refractivity contribution in [2.24, 2.45) is 0 Å². The lowest BCUT2D eigenvalue weighted by atomic mass is 9.92. The summed E-state index contributed by atoms with van der Waals surface area (Å²) >= 11 is 3.35. The van der Waals surface area contributed by atoms with Crippen molar-refractivity contribution >= 4 is 39.8 Å². The molecule has 1 N–H and O–H groups in total. The Morgan fingerprint density at radius 2 is 0.969 bits per heavy atom. The summed E-state index contributed by atoms with van der Waals surface area (Å²) in [4.78, 5) is 54.9. The number of hydrogen-bond acceptors (Lipinski definition) is 11. The summed E-state index contributed by atoms with van der Waals surface area (Å²) in [7, 11) is 1.44. The number of carbonyl (C=O) groups excluding carboxylic acids is 4. The molecule has 0 fully saturated rings. The lowest BCUT2D eigenvalue weighted by Crippen LogP contribution is -2.18. The number of carbonyl (C=O) groups is 4. The van der Waals surface area contributed by atoms with Crippen molar-refractivity contribution < 1.29 is 52.7 Å². The molecule has 12 heteroatoms. The molecule has 6 rings (SSSR count). The van der Waals surface area contributed by atoms with Gasteiger partial charge < -0.3 is 33.5 Å². The fourth-order valence-corrected chi connectivity index (χ4v) is 8.27. The first-order chi connectivity index (χ1) is 30.9. The van der Waals surface area contributed by atoms with Crippen LogP contribution < -0.4 is 23.7 Å². The van der Waals surface area contributed by atoms with Crippen molar-refractivity contribution in [3.8, 4) is 34.5 Å². The van der Waals surface area contributed by atoms with Crippen molar-refractivity contribution in [3.63, 3.8) is 0 Å². The molecule has 0 heterocycles. The van der Waals surface area contributed by atoms with Gasteiger partial charge in [0.2, 0.25) is 0 Å². The number of ether oxygens (including phenoxy) is 6. The van der Waals surface area contributed by atoms with E-state index in [9.17, 15) is 24.3 Å². The molecule has 0 saturated heterocycles. The lowest BCUT2D eigenvalue weighted by molar-refractivity contribution is 0.0470. The Labute approximate surface area is 387 Å². The Bertz CT molecular complexity index is 2810. The molecule has 0 amide bonds. The second-order valence-electron chi connectivity index (χ2n) is 16.0. The zero-order valence-electron chi connectivity index (χ0n) is 38.3. The highest BCUT2D eigenvalue weighted by atomic mass is 79.9. The maximum atomic E-state index is 14.0. The van der Waals surface area contributed by atoms with Gasteiger partial charge in [0.25, 0.3) is 0 Å². The van der Waals surface area contributed by atoms with Crippen LogP contribution in [-0.2, 0) is 18.0 Å². The predicted molar refractivity (Wildman–Crippen MR) is 250 cm³/mol. The highest BCUT2D eigenvalue weighted by Gasteiger charge is 2.30. The second-order valence-corrected chi connectivity index (χ2v) is 16.8. The maximum Gasteiger partial charge on any atom is 0.347 e. The molecule has 0 radical (unpaired) electrons. The third kappa shape index (κ3) is 9.78. The van der Waals surface area contributed by atoms with Crippen LogP contribution in [0.1, 0.15) is 108 Å². The van der Waals surface area contributed by atoms with E-state index in [4.69, 9.17) is 28.4 Å². The zero-order chi connectivity index (χ0) is 47.4. The fraction of sp³-hybridized carbons (Fsp3) is 0.245. The first-order valence-corrected chi connectivity index (χ1v) is 21.6. The van der Waals surface area contributed by atoms with Crippen molar-refractivity contribution in [3.05, 3.63) is 172 Å². The Morgan fingerprint density at radius 1 is 0.492 bits per heavy atom. The van der Waals surface area contributed by atoms with E-state index >= 15 is 0 Å². The topological polar surface area (TPSA) is 144 Å². The lowest BCUT2D eigenvalue weighted by Gasteiger charge is -2.21. The quantitative estimate of drug-likeness (QED) is 0.0872. The molecule has 0 aliphatic rings. The number of halogens is 1.